The zero-order valence-corrected chi connectivity index (χ0v) is 16.4. The second-order valence-corrected chi connectivity index (χ2v) is 8.13. The van der Waals surface area contributed by atoms with Crippen molar-refractivity contribution in [1.29, 1.82) is 0 Å². The SMILES string of the molecule is O=C(CCN=C1NS(=O)(=O)c2ccccc21)Nc1cnc(-c2cccc(O)c2)nc1. The number of aromatic nitrogens is 2. The van der Waals surface area contributed by atoms with Gasteiger partial charge >= 0.3 is 0 Å². The summed E-state index contributed by atoms with van der Waals surface area (Å²) in [6.07, 6.45) is 3.00. The number of aliphatic imine (C=N–C) groups is 1. The molecule has 0 unspecified atom stereocenters. The van der Waals surface area contributed by atoms with Crippen LogP contribution in [0.1, 0.15) is 12.0 Å². The van der Waals surface area contributed by atoms with E-state index in [-0.39, 0.29) is 35.4 Å². The fourth-order valence-corrected chi connectivity index (χ4v) is 4.18. The van der Waals surface area contributed by atoms with E-state index in [1.807, 2.05) is 0 Å². The molecular formula is C20H17N5O4S. The van der Waals surface area contributed by atoms with Crippen molar-refractivity contribution in [3.05, 3.63) is 66.5 Å². The van der Waals surface area contributed by atoms with Crippen LogP contribution in [-0.4, -0.2) is 41.8 Å². The van der Waals surface area contributed by atoms with E-state index < -0.39 is 10.0 Å². The van der Waals surface area contributed by atoms with Gasteiger partial charge in [0.15, 0.2) is 5.82 Å². The molecule has 0 aliphatic carbocycles. The van der Waals surface area contributed by atoms with Crippen molar-refractivity contribution in [2.24, 2.45) is 4.99 Å². The first-order chi connectivity index (χ1) is 14.4. The minimum absolute atomic E-state index is 0.0572. The number of carbonyl (C=O) groups is 1. The maximum atomic E-state index is 12.2. The fraction of sp³-hybridized carbons (Fsp3) is 0.100. The summed E-state index contributed by atoms with van der Waals surface area (Å²) < 4.78 is 26.5. The maximum Gasteiger partial charge on any atom is 0.263 e. The highest BCUT2D eigenvalue weighted by molar-refractivity contribution is 7.90. The monoisotopic (exact) mass is 423 g/mol. The molecule has 0 spiro atoms. The third-order valence-electron chi connectivity index (χ3n) is 4.31. The van der Waals surface area contributed by atoms with E-state index >= 15 is 0 Å². The molecule has 1 amide bonds. The first kappa shape index (κ1) is 19.5. The Hall–Kier alpha value is -3.79. The van der Waals surface area contributed by atoms with E-state index in [9.17, 15) is 18.3 Å². The van der Waals surface area contributed by atoms with E-state index in [4.69, 9.17) is 0 Å². The van der Waals surface area contributed by atoms with Gasteiger partial charge in [-0.15, -0.1) is 0 Å². The van der Waals surface area contributed by atoms with Gasteiger partial charge in [0, 0.05) is 17.5 Å². The summed E-state index contributed by atoms with van der Waals surface area (Å²) in [5, 5.41) is 12.2. The van der Waals surface area contributed by atoms with E-state index in [1.165, 1.54) is 18.5 Å². The highest BCUT2D eigenvalue weighted by Gasteiger charge is 2.29. The quantitative estimate of drug-likeness (QED) is 0.574. The van der Waals surface area contributed by atoms with Gasteiger partial charge in [-0.05, 0) is 24.3 Å². The minimum Gasteiger partial charge on any atom is -0.508 e. The molecule has 0 saturated carbocycles. The van der Waals surface area contributed by atoms with E-state index in [2.05, 4.69) is 25.0 Å². The van der Waals surface area contributed by atoms with Crippen molar-refractivity contribution in [3.8, 4) is 17.1 Å². The molecule has 9 nitrogen and oxygen atoms in total. The van der Waals surface area contributed by atoms with Crippen molar-refractivity contribution in [2.75, 3.05) is 11.9 Å². The normalized spacial score (nSPS) is 15.4. The molecule has 4 rings (SSSR count). The number of anilines is 1. The lowest BCUT2D eigenvalue weighted by Gasteiger charge is -2.05. The summed E-state index contributed by atoms with van der Waals surface area (Å²) in [6.45, 7) is 0.111. The Kier molecular flexibility index (Phi) is 5.15. The summed E-state index contributed by atoms with van der Waals surface area (Å²) in [7, 11) is -3.60. The Bertz CT molecular complexity index is 1240. The highest BCUT2D eigenvalue weighted by Crippen LogP contribution is 2.22. The molecule has 0 bridgehead atoms. The predicted octanol–water partition coefficient (Wildman–Crippen LogP) is 1.92. The zero-order valence-electron chi connectivity index (χ0n) is 15.6. The van der Waals surface area contributed by atoms with Crippen molar-refractivity contribution < 1.29 is 18.3 Å². The third-order valence-corrected chi connectivity index (χ3v) is 5.71. The number of aromatic hydroxyl groups is 1. The number of rotatable bonds is 5. The second-order valence-electron chi connectivity index (χ2n) is 6.48. The van der Waals surface area contributed by atoms with Gasteiger partial charge in [-0.1, -0.05) is 24.3 Å². The molecule has 1 aromatic heterocycles. The molecule has 3 aromatic rings. The van der Waals surface area contributed by atoms with Crippen molar-refractivity contribution >= 4 is 27.5 Å². The van der Waals surface area contributed by atoms with Crippen molar-refractivity contribution in [1.82, 2.24) is 14.7 Å². The summed E-state index contributed by atoms with van der Waals surface area (Å²) in [5.41, 5.74) is 1.57. The number of phenolic OH excluding ortho intramolecular Hbond substituents is 1. The molecule has 0 fully saturated rings. The standard InChI is InChI=1S/C20H17N5O4S/c26-15-5-3-4-13(10-15)19-22-11-14(12-23-19)24-18(27)8-9-21-20-16-6-1-2-7-17(16)30(28,29)25-20/h1-7,10-12,26H,8-9H2,(H,21,25)(H,24,27). The lowest BCUT2D eigenvalue weighted by Crippen LogP contribution is -2.23. The molecule has 1 aliphatic heterocycles. The molecule has 152 valence electrons. The number of sulfonamides is 1. The first-order valence-electron chi connectivity index (χ1n) is 9.00. The van der Waals surface area contributed by atoms with E-state index in [0.717, 1.165) is 0 Å². The minimum atomic E-state index is -3.60. The molecular weight excluding hydrogens is 406 g/mol. The Morgan fingerprint density at radius 3 is 2.63 bits per heavy atom. The van der Waals surface area contributed by atoms with Gasteiger partial charge in [0.2, 0.25) is 5.91 Å². The van der Waals surface area contributed by atoms with Crippen LogP contribution in [0.25, 0.3) is 11.4 Å². The molecule has 3 N–H and O–H groups in total. The smallest absolute Gasteiger partial charge is 0.263 e. The zero-order chi connectivity index (χ0) is 21.1. The van der Waals surface area contributed by atoms with Crippen LogP contribution in [0.5, 0.6) is 5.75 Å². The number of hydrogen-bond acceptors (Lipinski definition) is 7. The van der Waals surface area contributed by atoms with Gasteiger partial charge in [-0.25, -0.2) is 18.4 Å². The number of phenols is 1. The lowest BCUT2D eigenvalue weighted by atomic mass is 10.2. The molecule has 0 atom stereocenters. The van der Waals surface area contributed by atoms with Gasteiger partial charge in [-0.3, -0.25) is 14.5 Å². The first-order valence-corrected chi connectivity index (χ1v) is 10.5. The molecule has 10 heteroatoms. The van der Waals surface area contributed by atoms with E-state index in [1.54, 1.807) is 42.5 Å². The number of nitrogens with zero attached hydrogens (tertiary/aromatic N) is 3. The largest absolute Gasteiger partial charge is 0.508 e. The number of fused-ring (bicyclic) bond motifs is 1. The number of nitrogens with one attached hydrogen (secondary N) is 2. The molecule has 1 aliphatic rings. The topological polar surface area (TPSA) is 134 Å². The number of amides is 1. The number of hydrogen-bond donors (Lipinski definition) is 3. The van der Waals surface area contributed by atoms with Crippen LogP contribution in [0, 0.1) is 0 Å². The predicted molar refractivity (Wildman–Crippen MR) is 111 cm³/mol. The van der Waals surface area contributed by atoms with Gasteiger partial charge < -0.3 is 10.4 Å². The van der Waals surface area contributed by atoms with Crippen LogP contribution in [-0.2, 0) is 14.8 Å². The molecule has 2 heterocycles. The summed E-state index contributed by atoms with van der Waals surface area (Å²) in [4.78, 5) is 24.9. The molecule has 30 heavy (non-hydrogen) atoms. The van der Waals surface area contributed by atoms with Crippen LogP contribution in [0.4, 0.5) is 5.69 Å². The van der Waals surface area contributed by atoms with Crippen LogP contribution in [0.15, 0.2) is 70.8 Å². The highest BCUT2D eigenvalue weighted by atomic mass is 32.2. The molecule has 0 radical (unpaired) electrons. The van der Waals surface area contributed by atoms with Crippen LogP contribution in [0.2, 0.25) is 0 Å². The average molecular weight is 423 g/mol. The Morgan fingerprint density at radius 2 is 1.87 bits per heavy atom. The fourth-order valence-electron chi connectivity index (χ4n) is 2.93. The van der Waals surface area contributed by atoms with Crippen LogP contribution >= 0.6 is 0 Å². The van der Waals surface area contributed by atoms with Gasteiger partial charge in [0.05, 0.1) is 29.5 Å². The third kappa shape index (κ3) is 4.13. The van der Waals surface area contributed by atoms with E-state index in [0.29, 0.717) is 22.6 Å². The van der Waals surface area contributed by atoms with Gasteiger partial charge in [0.1, 0.15) is 11.6 Å². The van der Waals surface area contributed by atoms with Crippen molar-refractivity contribution in [3.63, 3.8) is 0 Å². The number of amidine groups is 1. The van der Waals surface area contributed by atoms with Gasteiger partial charge in [0.25, 0.3) is 10.0 Å². The molecule has 2 aromatic carbocycles. The second kappa shape index (κ2) is 7.91. The lowest BCUT2D eigenvalue weighted by molar-refractivity contribution is -0.116. The summed E-state index contributed by atoms with van der Waals surface area (Å²) >= 11 is 0. The van der Waals surface area contributed by atoms with Gasteiger partial charge in [-0.2, -0.15) is 0 Å². The van der Waals surface area contributed by atoms with Crippen LogP contribution < -0.4 is 10.0 Å². The Labute approximate surface area is 172 Å². The number of benzene rings is 2. The maximum absolute atomic E-state index is 12.2. The summed E-state index contributed by atoms with van der Waals surface area (Å²) in [5.74, 6) is 0.462. The number of carbonyl (C=O) groups excluding carboxylic acids is 1. The average Bonchev–Trinajstić information content (AvgIpc) is 2.99. The van der Waals surface area contributed by atoms with Crippen molar-refractivity contribution in [2.45, 2.75) is 11.3 Å². The summed E-state index contributed by atoms with van der Waals surface area (Å²) in [6, 6.07) is 13.1. The Morgan fingerprint density at radius 1 is 1.10 bits per heavy atom. The molecule has 0 saturated heterocycles. The Balaban J connectivity index is 1.36. The van der Waals surface area contributed by atoms with Crippen LogP contribution in [0.3, 0.4) is 0 Å².